The summed E-state index contributed by atoms with van der Waals surface area (Å²) in [5, 5.41) is 16.8. The Morgan fingerprint density at radius 3 is 1.70 bits per heavy atom. The van der Waals surface area contributed by atoms with E-state index in [0.717, 1.165) is 5.56 Å². The summed E-state index contributed by atoms with van der Waals surface area (Å²) in [4.78, 5) is 110. The van der Waals surface area contributed by atoms with Gasteiger partial charge in [0.1, 0.15) is 40.5 Å². The molecule has 1 heterocycles. The van der Waals surface area contributed by atoms with Gasteiger partial charge in [0.05, 0.1) is 19.6 Å². The number of methoxy groups -OCH3 is 1. The number of carbonyl (C=O) groups is 8. The van der Waals surface area contributed by atoms with Crippen molar-refractivity contribution in [2.45, 2.75) is 174 Å². The van der Waals surface area contributed by atoms with Crippen molar-refractivity contribution < 1.29 is 57.3 Å². The largest absolute Gasteiger partial charge is 0.467 e. The van der Waals surface area contributed by atoms with E-state index in [1.54, 1.807) is 105 Å². The number of hydrogen-bond acceptors (Lipinski definition) is 12. The van der Waals surface area contributed by atoms with Crippen LogP contribution in [0.2, 0.25) is 0 Å². The van der Waals surface area contributed by atoms with Crippen LogP contribution >= 0.6 is 0 Å². The van der Waals surface area contributed by atoms with Crippen LogP contribution in [-0.4, -0.2) is 120 Å². The predicted molar refractivity (Wildman–Crippen MR) is 267 cm³/mol. The second-order valence-electron chi connectivity index (χ2n) is 21.3. The first kappa shape index (κ1) is 58.9. The third-order valence-electron chi connectivity index (χ3n) is 11.0. The fourth-order valence-electron chi connectivity index (χ4n) is 7.77. The van der Waals surface area contributed by atoms with Gasteiger partial charge in [-0.1, -0.05) is 74.5 Å². The molecule has 1 aliphatic rings. The number of rotatable bonds is 21. The molecule has 2 aromatic rings. The number of benzene rings is 2. The lowest BCUT2D eigenvalue weighted by Crippen LogP contribution is -2.63. The molecule has 19 heteroatoms. The van der Waals surface area contributed by atoms with Crippen molar-refractivity contribution in [1.82, 2.24) is 36.8 Å². The molecule has 3 rings (SSSR count). The van der Waals surface area contributed by atoms with E-state index in [1.807, 2.05) is 32.0 Å². The molecule has 1 fully saturated rings. The summed E-state index contributed by atoms with van der Waals surface area (Å²) in [5.74, 6) is -3.10. The molecule has 2 aromatic carbocycles. The van der Waals surface area contributed by atoms with Crippen LogP contribution in [0.4, 0.5) is 14.4 Å². The van der Waals surface area contributed by atoms with Gasteiger partial charge in [0.15, 0.2) is 0 Å². The van der Waals surface area contributed by atoms with Gasteiger partial charge in [-0.05, 0) is 118 Å². The first-order valence-electron chi connectivity index (χ1n) is 24.4. The molecule has 0 radical (unpaired) electrons. The van der Waals surface area contributed by atoms with E-state index in [-0.39, 0.29) is 64.1 Å². The Morgan fingerprint density at radius 2 is 1.15 bits per heavy atom. The van der Waals surface area contributed by atoms with E-state index in [2.05, 4.69) is 31.9 Å². The van der Waals surface area contributed by atoms with Crippen LogP contribution in [-0.2, 0) is 49.3 Å². The average molecular weight is 994 g/mol. The van der Waals surface area contributed by atoms with Gasteiger partial charge >= 0.3 is 24.2 Å². The van der Waals surface area contributed by atoms with Crippen molar-refractivity contribution in [2.75, 3.05) is 26.7 Å². The van der Waals surface area contributed by atoms with Crippen LogP contribution < -0.4 is 31.9 Å². The van der Waals surface area contributed by atoms with Crippen LogP contribution in [0, 0.1) is 5.92 Å². The van der Waals surface area contributed by atoms with Crippen LogP contribution in [0.3, 0.4) is 0 Å². The lowest BCUT2D eigenvalue weighted by Gasteiger charge is -2.41. The number of amides is 7. The van der Waals surface area contributed by atoms with Crippen molar-refractivity contribution in [2.24, 2.45) is 5.92 Å². The molecule has 7 amide bonds. The minimum absolute atomic E-state index is 0.00511. The van der Waals surface area contributed by atoms with Crippen molar-refractivity contribution >= 4 is 47.9 Å². The van der Waals surface area contributed by atoms with Gasteiger partial charge in [0, 0.05) is 26.1 Å². The number of alkyl carbamates (subject to hydrolysis) is 3. The van der Waals surface area contributed by atoms with Gasteiger partial charge in [-0.25, -0.2) is 19.2 Å². The standard InChI is InChI=1S/C52H79N7O12/c1-34(2)31-39(56-43(62)40(32-35-21-15-13-16-22-35)54-41(60)33-38(36-23-17-14-18-24-36)57-47(66)70-50(6,7)8)42(61)55-37(25-19-20-28-53-46(65)69-49(3,4)5)44(63)59-29-26-52(27-30-59,45(64)68-12)58-48(67)71-51(9,10)11/h13-18,21-24,34,37-40H,19-20,25-33H2,1-12H3,(H,53,65)(H,54,60)(H,55,61)(H,56,62)(H,57,66)(H,58,67)/t37-,38?,39-,40-/m1/s1. The second-order valence-corrected chi connectivity index (χ2v) is 21.3. The number of hydrogen-bond donors (Lipinski definition) is 6. The number of nitrogens with zero attached hydrogens (tertiary/aromatic N) is 1. The maximum Gasteiger partial charge on any atom is 0.408 e. The number of likely N-dealkylation sites (tertiary alicyclic amines) is 1. The van der Waals surface area contributed by atoms with Crippen molar-refractivity contribution in [3.05, 3.63) is 71.8 Å². The summed E-state index contributed by atoms with van der Waals surface area (Å²) in [6.45, 7) is 19.5. The fraction of sp³-hybridized carbons (Fsp3) is 0.615. The summed E-state index contributed by atoms with van der Waals surface area (Å²) in [6, 6.07) is 13.7. The van der Waals surface area contributed by atoms with E-state index in [0.29, 0.717) is 18.4 Å². The summed E-state index contributed by atoms with van der Waals surface area (Å²) >= 11 is 0. The number of piperidine rings is 1. The van der Waals surface area contributed by atoms with Crippen molar-refractivity contribution in [3.8, 4) is 0 Å². The Balaban J connectivity index is 1.88. The van der Waals surface area contributed by atoms with E-state index in [9.17, 15) is 38.4 Å². The van der Waals surface area contributed by atoms with Gasteiger partial charge in [-0.3, -0.25) is 19.2 Å². The van der Waals surface area contributed by atoms with Crippen molar-refractivity contribution in [3.63, 3.8) is 0 Å². The molecule has 0 saturated carbocycles. The Labute approximate surface area is 419 Å². The van der Waals surface area contributed by atoms with Gasteiger partial charge in [0.2, 0.25) is 23.6 Å². The van der Waals surface area contributed by atoms with Crippen LogP contribution in [0.1, 0.15) is 138 Å². The third-order valence-corrected chi connectivity index (χ3v) is 11.0. The lowest BCUT2D eigenvalue weighted by atomic mass is 9.87. The predicted octanol–water partition coefficient (Wildman–Crippen LogP) is 6.14. The van der Waals surface area contributed by atoms with E-state index < -0.39 is 94.4 Å². The van der Waals surface area contributed by atoms with Crippen LogP contribution in [0.5, 0.6) is 0 Å². The molecule has 4 atom stereocenters. The zero-order valence-corrected chi connectivity index (χ0v) is 43.8. The lowest BCUT2D eigenvalue weighted by molar-refractivity contribution is -0.153. The molecule has 1 saturated heterocycles. The zero-order chi connectivity index (χ0) is 53.2. The van der Waals surface area contributed by atoms with Gasteiger partial charge in [-0.2, -0.15) is 0 Å². The highest BCUT2D eigenvalue weighted by Crippen LogP contribution is 2.26. The first-order valence-corrected chi connectivity index (χ1v) is 24.4. The molecule has 19 nitrogen and oxygen atoms in total. The molecule has 6 N–H and O–H groups in total. The fourth-order valence-corrected chi connectivity index (χ4v) is 7.77. The molecule has 71 heavy (non-hydrogen) atoms. The maximum absolute atomic E-state index is 14.5. The van der Waals surface area contributed by atoms with E-state index in [1.165, 1.54) is 12.0 Å². The highest BCUT2D eigenvalue weighted by molar-refractivity contribution is 5.95. The number of ether oxygens (including phenoxy) is 4. The quantitative estimate of drug-likeness (QED) is 0.0469. The monoisotopic (exact) mass is 994 g/mol. The summed E-state index contributed by atoms with van der Waals surface area (Å²) < 4.78 is 21.3. The van der Waals surface area contributed by atoms with Gasteiger partial charge in [-0.15, -0.1) is 0 Å². The molecule has 0 aliphatic carbocycles. The summed E-state index contributed by atoms with van der Waals surface area (Å²) in [6.07, 6.45) is -1.21. The zero-order valence-electron chi connectivity index (χ0n) is 43.8. The Hall–Kier alpha value is -6.40. The molecular weight excluding hydrogens is 915 g/mol. The number of nitrogens with one attached hydrogen (secondary N) is 6. The van der Waals surface area contributed by atoms with Crippen LogP contribution in [0.25, 0.3) is 0 Å². The first-order chi connectivity index (χ1) is 33.1. The van der Waals surface area contributed by atoms with Gasteiger partial charge in [0.25, 0.3) is 0 Å². The molecule has 0 spiro atoms. The molecule has 0 aromatic heterocycles. The maximum atomic E-state index is 14.5. The van der Waals surface area contributed by atoms with Crippen molar-refractivity contribution in [1.29, 1.82) is 0 Å². The Kier molecular flexibility index (Phi) is 22.2. The average Bonchev–Trinajstić information content (AvgIpc) is 3.26. The molecule has 1 aliphatic heterocycles. The molecule has 1 unspecified atom stereocenters. The summed E-state index contributed by atoms with van der Waals surface area (Å²) in [7, 11) is 1.21. The van der Waals surface area contributed by atoms with Crippen LogP contribution in [0.15, 0.2) is 60.7 Å². The smallest absolute Gasteiger partial charge is 0.408 e. The topological polar surface area (TPSA) is 249 Å². The highest BCUT2D eigenvalue weighted by atomic mass is 16.6. The highest BCUT2D eigenvalue weighted by Gasteiger charge is 2.46. The number of esters is 1. The van der Waals surface area contributed by atoms with E-state index >= 15 is 0 Å². The molecular formula is C52H79N7O12. The summed E-state index contributed by atoms with van der Waals surface area (Å²) in [5.41, 5.74) is -2.45. The minimum atomic E-state index is -1.48. The third kappa shape index (κ3) is 21.6. The minimum Gasteiger partial charge on any atom is -0.467 e. The Bertz CT molecular complexity index is 2090. The molecule has 394 valence electrons. The number of unbranched alkanes of at least 4 members (excludes halogenated alkanes) is 1. The SMILES string of the molecule is COC(=O)C1(NC(=O)OC(C)(C)C)CCN(C(=O)[C@@H](CCCCNC(=O)OC(C)(C)C)NC(=O)[C@@H](CC(C)C)NC(=O)[C@@H](Cc2ccccc2)NC(=O)CC(NC(=O)OC(C)(C)C)c2ccccc2)CC1. The Morgan fingerprint density at radius 1 is 0.634 bits per heavy atom. The van der Waals surface area contributed by atoms with Gasteiger partial charge < -0.3 is 55.7 Å². The molecule has 0 bridgehead atoms. The normalized spacial score (nSPS) is 15.4. The van der Waals surface area contributed by atoms with E-state index in [4.69, 9.17) is 18.9 Å². The number of carbonyl (C=O) groups excluding carboxylic acids is 8. The second kappa shape index (κ2) is 26.7.